The van der Waals surface area contributed by atoms with Crippen LogP contribution < -0.4 is 0 Å². The third-order valence-corrected chi connectivity index (χ3v) is 3.37. The van der Waals surface area contributed by atoms with Crippen molar-refractivity contribution in [3.63, 3.8) is 0 Å². The van der Waals surface area contributed by atoms with E-state index in [0.29, 0.717) is 0 Å². The van der Waals surface area contributed by atoms with Crippen LogP contribution in [0.4, 0.5) is 0 Å². The summed E-state index contributed by atoms with van der Waals surface area (Å²) >= 11 is 0. The molecule has 1 nitrogen and oxygen atoms in total. The van der Waals surface area contributed by atoms with Crippen molar-refractivity contribution in [2.75, 3.05) is 0 Å². The monoisotopic (exact) mass is 249 g/mol. The van der Waals surface area contributed by atoms with E-state index in [4.69, 9.17) is 6.57 Å². The van der Waals surface area contributed by atoms with Gasteiger partial charge in [-0.3, -0.25) is 0 Å². The lowest BCUT2D eigenvalue weighted by Gasteiger charge is -2.07. The van der Waals surface area contributed by atoms with E-state index in [-0.39, 0.29) is 6.04 Å². The molecule has 19 heavy (non-hydrogen) atoms. The molecule has 0 saturated heterocycles. The minimum atomic E-state index is 0.0328. The van der Waals surface area contributed by atoms with Crippen LogP contribution in [-0.2, 0) is 12.8 Å². The van der Waals surface area contributed by atoms with Crippen molar-refractivity contribution in [3.8, 4) is 0 Å². The van der Waals surface area contributed by atoms with Crippen molar-refractivity contribution in [1.29, 1.82) is 0 Å². The molecule has 0 saturated carbocycles. The Balaban J connectivity index is 2.03. The highest BCUT2D eigenvalue weighted by molar-refractivity contribution is 5.25. The van der Waals surface area contributed by atoms with Crippen molar-refractivity contribution in [1.82, 2.24) is 0 Å². The fourth-order valence-corrected chi connectivity index (χ4v) is 2.16. The van der Waals surface area contributed by atoms with E-state index < -0.39 is 0 Å². The average molecular weight is 249 g/mol. The third-order valence-electron chi connectivity index (χ3n) is 3.37. The van der Waals surface area contributed by atoms with Crippen molar-refractivity contribution in [2.45, 2.75) is 32.7 Å². The molecule has 0 heterocycles. The third kappa shape index (κ3) is 3.96. The van der Waals surface area contributed by atoms with Crippen LogP contribution in [0.1, 0.15) is 22.3 Å². The Labute approximate surface area is 115 Å². The van der Waals surface area contributed by atoms with Crippen LogP contribution in [0.15, 0.2) is 48.5 Å². The van der Waals surface area contributed by atoms with E-state index in [2.05, 4.69) is 67.2 Å². The van der Waals surface area contributed by atoms with Crippen LogP contribution in [0.5, 0.6) is 0 Å². The van der Waals surface area contributed by atoms with Crippen LogP contribution in [0.25, 0.3) is 4.85 Å². The van der Waals surface area contributed by atoms with E-state index in [1.807, 2.05) is 0 Å². The average Bonchev–Trinajstić information content (AvgIpc) is 2.43. The van der Waals surface area contributed by atoms with E-state index in [0.717, 1.165) is 12.8 Å². The topological polar surface area (TPSA) is 4.36 Å². The summed E-state index contributed by atoms with van der Waals surface area (Å²) in [7, 11) is 0. The molecular weight excluding hydrogens is 230 g/mol. The second-order valence-corrected chi connectivity index (χ2v) is 5.16. The molecule has 2 rings (SSSR count). The second kappa shape index (κ2) is 6.20. The van der Waals surface area contributed by atoms with Gasteiger partial charge in [-0.25, -0.2) is 6.57 Å². The lowest BCUT2D eigenvalue weighted by atomic mass is 9.98. The number of aryl methyl sites for hydroxylation is 2. The highest BCUT2D eigenvalue weighted by atomic mass is 14.7. The van der Waals surface area contributed by atoms with Crippen LogP contribution in [0, 0.1) is 20.4 Å². The molecule has 0 aliphatic rings. The summed E-state index contributed by atoms with van der Waals surface area (Å²) in [6.07, 6.45) is 1.66. The van der Waals surface area contributed by atoms with Crippen LogP contribution >= 0.6 is 0 Å². The van der Waals surface area contributed by atoms with Gasteiger partial charge in [-0.05, 0) is 25.0 Å². The Morgan fingerprint density at radius 2 is 1.16 bits per heavy atom. The molecule has 1 heteroatoms. The molecule has 0 bridgehead atoms. The molecule has 0 aliphatic heterocycles. The van der Waals surface area contributed by atoms with E-state index in [1.165, 1.54) is 22.3 Å². The lowest BCUT2D eigenvalue weighted by Crippen LogP contribution is -2.10. The van der Waals surface area contributed by atoms with Crippen molar-refractivity contribution in [2.24, 2.45) is 0 Å². The number of hydrogen-bond donors (Lipinski definition) is 0. The van der Waals surface area contributed by atoms with Gasteiger partial charge in [0.2, 0.25) is 6.04 Å². The fraction of sp³-hybridized carbons (Fsp3) is 0.278. The predicted molar refractivity (Wildman–Crippen MR) is 80.2 cm³/mol. The molecular formula is C18H19N. The molecule has 0 radical (unpaired) electrons. The molecule has 96 valence electrons. The van der Waals surface area contributed by atoms with Gasteiger partial charge in [-0.2, -0.15) is 0 Å². The van der Waals surface area contributed by atoms with Gasteiger partial charge in [-0.1, -0.05) is 59.7 Å². The normalized spacial score (nSPS) is 10.4. The summed E-state index contributed by atoms with van der Waals surface area (Å²) in [4.78, 5) is 3.77. The SMILES string of the molecule is [C-]#[N+]C(Cc1ccc(C)cc1)Cc1ccc(C)cc1. The maximum Gasteiger partial charge on any atom is 0.231 e. The summed E-state index contributed by atoms with van der Waals surface area (Å²) in [6.45, 7) is 11.5. The second-order valence-electron chi connectivity index (χ2n) is 5.16. The zero-order chi connectivity index (χ0) is 13.7. The highest BCUT2D eigenvalue weighted by Crippen LogP contribution is 2.13. The van der Waals surface area contributed by atoms with Crippen molar-refractivity contribution >= 4 is 0 Å². The van der Waals surface area contributed by atoms with Crippen LogP contribution in [0.2, 0.25) is 0 Å². The Kier molecular flexibility index (Phi) is 4.36. The Morgan fingerprint density at radius 1 is 0.789 bits per heavy atom. The molecule has 0 N–H and O–H groups in total. The number of benzene rings is 2. The molecule has 0 aliphatic carbocycles. The summed E-state index contributed by atoms with van der Waals surface area (Å²) in [6, 6.07) is 17.0. The zero-order valence-corrected chi connectivity index (χ0v) is 11.6. The quantitative estimate of drug-likeness (QED) is 0.708. The summed E-state index contributed by atoms with van der Waals surface area (Å²) in [5.74, 6) is 0. The molecule has 2 aromatic carbocycles. The maximum atomic E-state index is 7.37. The maximum absolute atomic E-state index is 7.37. The van der Waals surface area contributed by atoms with Gasteiger partial charge in [0.1, 0.15) is 0 Å². The number of nitrogens with zero attached hydrogens (tertiary/aromatic N) is 1. The molecule has 2 aromatic rings. The Morgan fingerprint density at radius 3 is 1.47 bits per heavy atom. The minimum Gasteiger partial charge on any atom is -0.313 e. The zero-order valence-electron chi connectivity index (χ0n) is 11.6. The van der Waals surface area contributed by atoms with E-state index in [9.17, 15) is 0 Å². The van der Waals surface area contributed by atoms with E-state index >= 15 is 0 Å². The summed E-state index contributed by atoms with van der Waals surface area (Å²) in [5, 5.41) is 0. The predicted octanol–water partition coefficient (Wildman–Crippen LogP) is 4.38. The smallest absolute Gasteiger partial charge is 0.231 e. The summed E-state index contributed by atoms with van der Waals surface area (Å²) in [5.41, 5.74) is 5.03. The lowest BCUT2D eigenvalue weighted by molar-refractivity contribution is 0.755. The van der Waals surface area contributed by atoms with Gasteiger partial charge in [0.05, 0.1) is 0 Å². The highest BCUT2D eigenvalue weighted by Gasteiger charge is 2.14. The van der Waals surface area contributed by atoms with Gasteiger partial charge < -0.3 is 4.85 Å². The Bertz CT molecular complexity index is 511. The van der Waals surface area contributed by atoms with Crippen LogP contribution in [-0.4, -0.2) is 6.04 Å². The molecule has 0 unspecified atom stereocenters. The number of hydrogen-bond acceptors (Lipinski definition) is 0. The Hall–Kier alpha value is -2.07. The first-order valence-corrected chi connectivity index (χ1v) is 6.65. The van der Waals surface area contributed by atoms with E-state index in [1.54, 1.807) is 0 Å². The first-order valence-electron chi connectivity index (χ1n) is 6.65. The molecule has 0 aromatic heterocycles. The fourth-order valence-electron chi connectivity index (χ4n) is 2.16. The molecule has 0 fully saturated rings. The largest absolute Gasteiger partial charge is 0.313 e. The van der Waals surface area contributed by atoms with Gasteiger partial charge in [0, 0.05) is 12.8 Å². The van der Waals surface area contributed by atoms with Gasteiger partial charge in [0.25, 0.3) is 0 Å². The summed E-state index contributed by atoms with van der Waals surface area (Å²) < 4.78 is 0. The van der Waals surface area contributed by atoms with Gasteiger partial charge >= 0.3 is 0 Å². The van der Waals surface area contributed by atoms with Gasteiger partial charge in [0.15, 0.2) is 0 Å². The van der Waals surface area contributed by atoms with Crippen molar-refractivity contribution in [3.05, 3.63) is 82.2 Å². The minimum absolute atomic E-state index is 0.0328. The molecule has 0 atom stereocenters. The van der Waals surface area contributed by atoms with Gasteiger partial charge in [-0.15, -0.1) is 0 Å². The molecule has 0 amide bonds. The molecule has 0 spiro atoms. The van der Waals surface area contributed by atoms with Crippen molar-refractivity contribution < 1.29 is 0 Å². The first-order chi connectivity index (χ1) is 9.17. The standard InChI is InChI=1S/C18H19N/c1-14-4-8-16(9-5-14)12-18(19-3)13-17-10-6-15(2)7-11-17/h4-11,18H,12-13H2,1-2H3. The van der Waals surface area contributed by atoms with Crippen LogP contribution in [0.3, 0.4) is 0 Å². The first kappa shape index (κ1) is 13.4. The number of rotatable bonds is 4.